The number of aliphatic hydroxyl groups is 4. The van der Waals surface area contributed by atoms with Crippen molar-refractivity contribution in [2.75, 3.05) is 6.61 Å². The average molecular weight is 446 g/mol. The van der Waals surface area contributed by atoms with Crippen LogP contribution in [-0.4, -0.2) is 63.7 Å². The molecule has 182 valence electrons. The Morgan fingerprint density at radius 1 is 0.903 bits per heavy atom. The number of hydrogen-bond donors (Lipinski definition) is 4. The Hall–Kier alpha value is -0.990. The molecular formula is C24H44O7. The van der Waals surface area contributed by atoms with Crippen molar-refractivity contribution in [3.05, 3.63) is 12.2 Å². The fourth-order valence-corrected chi connectivity index (χ4v) is 3.68. The first kappa shape index (κ1) is 26.3. The van der Waals surface area contributed by atoms with Gasteiger partial charge in [0.05, 0.1) is 6.61 Å². The molecular weight excluding hydrogens is 400 g/mol. The van der Waals surface area contributed by atoms with E-state index in [9.17, 15) is 20.1 Å². The minimum Gasteiger partial charge on any atom is -0.456 e. The maximum absolute atomic E-state index is 12.0. The molecule has 7 nitrogen and oxygen atoms in total. The molecule has 0 radical (unpaired) electrons. The molecule has 1 rings (SSSR count). The second-order valence-corrected chi connectivity index (χ2v) is 8.37. The van der Waals surface area contributed by atoms with Crippen molar-refractivity contribution in [2.45, 2.75) is 127 Å². The normalized spacial score (nSPS) is 26.8. The van der Waals surface area contributed by atoms with Crippen LogP contribution >= 0.6 is 0 Å². The van der Waals surface area contributed by atoms with Crippen LogP contribution in [0.5, 0.6) is 0 Å². The maximum atomic E-state index is 12.0. The molecule has 5 atom stereocenters. The van der Waals surface area contributed by atoms with Gasteiger partial charge in [-0.1, -0.05) is 70.4 Å². The number of hydrogen-bond acceptors (Lipinski definition) is 7. The summed E-state index contributed by atoms with van der Waals surface area (Å²) in [5.41, 5.74) is 0. The van der Waals surface area contributed by atoms with Crippen LogP contribution in [0.1, 0.15) is 98.2 Å². The van der Waals surface area contributed by atoms with Crippen LogP contribution in [-0.2, 0) is 14.3 Å². The van der Waals surface area contributed by atoms with Crippen molar-refractivity contribution in [3.8, 4) is 0 Å². The minimum atomic E-state index is -1.62. The van der Waals surface area contributed by atoms with E-state index < -0.39 is 43.3 Å². The van der Waals surface area contributed by atoms with E-state index in [0.29, 0.717) is 13.3 Å². The monoisotopic (exact) mass is 445 g/mol. The Morgan fingerprint density at radius 2 is 1.48 bits per heavy atom. The zero-order valence-corrected chi connectivity index (χ0v) is 18.9. The quantitative estimate of drug-likeness (QED) is 0.154. The second-order valence-electron chi connectivity index (χ2n) is 8.37. The summed E-state index contributed by atoms with van der Waals surface area (Å²) in [5.74, 6) is -0.543. The summed E-state index contributed by atoms with van der Waals surface area (Å²) in [6.07, 6.45) is 12.1. The predicted molar refractivity (Wildman–Crippen MR) is 119 cm³/mol. The van der Waals surface area contributed by atoms with Crippen molar-refractivity contribution in [1.29, 1.82) is 0 Å². The van der Waals surface area contributed by atoms with E-state index in [2.05, 4.69) is 12.2 Å². The summed E-state index contributed by atoms with van der Waals surface area (Å²) in [7, 11) is 0. The Labute approximate surface area is 188 Å². The Balaban J connectivity index is 1.99. The molecule has 1 saturated heterocycles. The van der Waals surface area contributed by atoms with Gasteiger partial charge < -0.3 is 29.9 Å². The van der Waals surface area contributed by atoms with Crippen molar-refractivity contribution in [1.82, 2.24) is 0 Å². The number of rotatable bonds is 17. The lowest BCUT2D eigenvalue weighted by molar-refractivity contribution is -0.289. The van der Waals surface area contributed by atoms with E-state index in [1.807, 2.05) is 0 Å². The Bertz CT molecular complexity index is 503. The van der Waals surface area contributed by atoms with Crippen LogP contribution in [0.4, 0.5) is 0 Å². The lowest BCUT2D eigenvalue weighted by Gasteiger charge is -2.39. The average Bonchev–Trinajstić information content (AvgIpc) is 2.78. The zero-order valence-electron chi connectivity index (χ0n) is 19.9. The molecule has 0 aliphatic carbocycles. The standard InChI is InChI=1S/C24H44O7/c1-2-3-4-5-6-7-8-9-10-11-12-13-14-15-16-17-20(26)31-23-21(27)19(18-25)30-24(29)22(23)28/h9-10,19,21-25,27-29H,2-8,11-18H2,1H3/t19-,21-,22-,23+,24?/m1/s1/i1D. The lowest BCUT2D eigenvalue weighted by atomic mass is 9.99. The van der Waals surface area contributed by atoms with Crippen molar-refractivity contribution >= 4 is 5.97 Å². The third-order valence-corrected chi connectivity index (χ3v) is 5.65. The molecule has 31 heavy (non-hydrogen) atoms. The molecule has 4 N–H and O–H groups in total. The number of carbonyl (C=O) groups is 1. The van der Waals surface area contributed by atoms with Crippen LogP contribution in [0.2, 0.25) is 0 Å². The first-order chi connectivity index (χ1) is 15.5. The molecule has 0 saturated carbocycles. The van der Waals surface area contributed by atoms with Crippen molar-refractivity contribution in [3.63, 3.8) is 0 Å². The van der Waals surface area contributed by atoms with Crippen LogP contribution in [0.25, 0.3) is 0 Å². The van der Waals surface area contributed by atoms with Gasteiger partial charge >= 0.3 is 5.97 Å². The number of allylic oxidation sites excluding steroid dienone is 2. The molecule has 1 aliphatic heterocycles. The van der Waals surface area contributed by atoms with E-state index in [0.717, 1.165) is 44.9 Å². The Kier molecular flexibility index (Phi) is 14.9. The molecule has 1 heterocycles. The Morgan fingerprint density at radius 3 is 2.10 bits per heavy atom. The molecule has 1 fully saturated rings. The molecule has 0 bridgehead atoms. The number of ether oxygens (including phenoxy) is 2. The summed E-state index contributed by atoms with van der Waals surface area (Å²) in [4.78, 5) is 12.0. The zero-order chi connectivity index (χ0) is 23.6. The number of carbonyl (C=O) groups excluding carboxylic acids is 1. The highest BCUT2D eigenvalue weighted by Crippen LogP contribution is 2.23. The molecule has 1 unspecified atom stereocenters. The number of esters is 1. The first-order valence-corrected chi connectivity index (χ1v) is 12.0. The second kappa shape index (κ2) is 17.6. The summed E-state index contributed by atoms with van der Waals surface area (Å²) in [6.45, 7) is 0.00219. The van der Waals surface area contributed by atoms with E-state index in [1.165, 1.54) is 32.1 Å². The van der Waals surface area contributed by atoms with E-state index in [4.69, 9.17) is 16.0 Å². The van der Waals surface area contributed by atoms with Crippen LogP contribution in [0.15, 0.2) is 12.2 Å². The fraction of sp³-hybridized carbons (Fsp3) is 0.875. The largest absolute Gasteiger partial charge is 0.456 e. The third kappa shape index (κ3) is 12.0. The van der Waals surface area contributed by atoms with Crippen LogP contribution in [0, 0.1) is 0 Å². The summed E-state index contributed by atoms with van der Waals surface area (Å²) in [6, 6.07) is 0. The van der Waals surface area contributed by atoms with Gasteiger partial charge in [0.25, 0.3) is 0 Å². The minimum absolute atomic E-state index is 0.180. The molecule has 0 aromatic carbocycles. The summed E-state index contributed by atoms with van der Waals surface area (Å²) < 4.78 is 17.1. The van der Waals surface area contributed by atoms with Crippen molar-refractivity contribution in [2.24, 2.45) is 0 Å². The first-order valence-electron chi connectivity index (χ1n) is 12.7. The molecule has 0 spiro atoms. The van der Waals surface area contributed by atoms with Crippen LogP contribution in [0.3, 0.4) is 0 Å². The molecule has 0 aromatic rings. The number of unbranched alkanes of at least 4 members (excludes halogenated alkanes) is 11. The van der Waals surface area contributed by atoms with E-state index in [-0.39, 0.29) is 6.42 Å². The lowest BCUT2D eigenvalue weighted by Crippen LogP contribution is -2.59. The van der Waals surface area contributed by atoms with Gasteiger partial charge in [0.15, 0.2) is 12.4 Å². The molecule has 7 heteroatoms. The molecule has 0 amide bonds. The highest BCUT2D eigenvalue weighted by atomic mass is 16.7. The van der Waals surface area contributed by atoms with Gasteiger partial charge in [-0.05, 0) is 32.1 Å². The molecule has 0 aromatic heterocycles. The SMILES string of the molecule is [2H]CCCCCCCCC=CCCCCCCCC(=O)O[C@H]1[C@H](O)[C@@H](CO)OC(O)[C@@H]1O. The van der Waals surface area contributed by atoms with Crippen LogP contribution < -0.4 is 0 Å². The fourth-order valence-electron chi connectivity index (χ4n) is 3.68. The summed E-state index contributed by atoms with van der Waals surface area (Å²) in [5, 5.41) is 38.7. The van der Waals surface area contributed by atoms with E-state index in [1.54, 1.807) is 0 Å². The van der Waals surface area contributed by atoms with Gasteiger partial charge in [0, 0.05) is 7.79 Å². The highest BCUT2D eigenvalue weighted by molar-refractivity contribution is 5.69. The maximum Gasteiger partial charge on any atom is 0.306 e. The predicted octanol–water partition coefficient (Wildman–Crippen LogP) is 3.37. The van der Waals surface area contributed by atoms with Gasteiger partial charge in [-0.3, -0.25) is 4.79 Å². The highest BCUT2D eigenvalue weighted by Gasteiger charge is 2.45. The van der Waals surface area contributed by atoms with Gasteiger partial charge in [-0.15, -0.1) is 0 Å². The number of aliphatic hydroxyl groups excluding tert-OH is 4. The van der Waals surface area contributed by atoms with Gasteiger partial charge in [0.1, 0.15) is 18.3 Å². The van der Waals surface area contributed by atoms with Crippen molar-refractivity contribution < 1.29 is 36.1 Å². The third-order valence-electron chi connectivity index (χ3n) is 5.65. The van der Waals surface area contributed by atoms with Gasteiger partial charge in [-0.2, -0.15) is 0 Å². The molecule has 1 aliphatic rings. The smallest absolute Gasteiger partial charge is 0.306 e. The summed E-state index contributed by atoms with van der Waals surface area (Å²) >= 11 is 0. The topological polar surface area (TPSA) is 116 Å². The van der Waals surface area contributed by atoms with Gasteiger partial charge in [-0.25, -0.2) is 0 Å². The van der Waals surface area contributed by atoms with Gasteiger partial charge in [0.2, 0.25) is 0 Å². The van der Waals surface area contributed by atoms with E-state index >= 15 is 0 Å².